The summed E-state index contributed by atoms with van der Waals surface area (Å²) in [6.45, 7) is 0.686. The van der Waals surface area contributed by atoms with E-state index in [1.54, 1.807) is 0 Å². The molecule has 2 fully saturated rings. The lowest BCUT2D eigenvalue weighted by Gasteiger charge is -2.22. The van der Waals surface area contributed by atoms with E-state index in [9.17, 15) is 4.79 Å². The standard InChI is InChI=1S/C31H26N4OS/c32-19-22-14-16-23(17-15-22)20-34-21-24(27-12-6-7-13-28(27)34)18-29-30(36)35(26-10-4-5-11-26)31(37-29)33-25-8-2-1-3-9-25/h1-3,6-9,12-18,21,26H,4-5,10-11,20H2. The summed E-state index contributed by atoms with van der Waals surface area (Å²) in [5, 5.41) is 11.0. The number of hydrogen-bond acceptors (Lipinski definition) is 4. The first-order chi connectivity index (χ1) is 18.2. The number of nitriles is 1. The first-order valence-electron chi connectivity index (χ1n) is 12.6. The van der Waals surface area contributed by atoms with Gasteiger partial charge in [-0.3, -0.25) is 9.69 Å². The van der Waals surface area contributed by atoms with Gasteiger partial charge in [0.2, 0.25) is 0 Å². The summed E-state index contributed by atoms with van der Waals surface area (Å²) in [5.74, 6) is 0.0514. The van der Waals surface area contributed by atoms with Crippen molar-refractivity contribution in [3.05, 3.63) is 107 Å². The van der Waals surface area contributed by atoms with Crippen molar-refractivity contribution in [1.82, 2.24) is 9.47 Å². The smallest absolute Gasteiger partial charge is 0.267 e. The van der Waals surface area contributed by atoms with Crippen molar-refractivity contribution in [3.8, 4) is 6.07 Å². The van der Waals surface area contributed by atoms with Gasteiger partial charge in [-0.15, -0.1) is 0 Å². The highest BCUT2D eigenvalue weighted by Crippen LogP contribution is 2.39. The lowest BCUT2D eigenvalue weighted by Crippen LogP contribution is -2.37. The molecule has 0 unspecified atom stereocenters. The summed E-state index contributed by atoms with van der Waals surface area (Å²) in [5.41, 5.74) is 4.77. The Bertz CT molecular complexity index is 1550. The number of carbonyl (C=O) groups is 1. The van der Waals surface area contributed by atoms with Gasteiger partial charge in [0.05, 0.1) is 22.2 Å². The molecule has 0 atom stereocenters. The van der Waals surface area contributed by atoms with E-state index in [1.165, 1.54) is 11.8 Å². The molecule has 1 amide bonds. The molecule has 2 heterocycles. The molecule has 6 rings (SSSR count). The number of carbonyl (C=O) groups excluding carboxylic acids is 1. The number of rotatable bonds is 5. The highest BCUT2D eigenvalue weighted by molar-refractivity contribution is 8.18. The molecule has 0 bridgehead atoms. The van der Waals surface area contributed by atoms with Gasteiger partial charge in [-0.1, -0.05) is 61.4 Å². The highest BCUT2D eigenvalue weighted by atomic mass is 32.2. The Kier molecular flexibility index (Phi) is 6.38. The van der Waals surface area contributed by atoms with E-state index < -0.39 is 0 Å². The number of thioether (sulfide) groups is 1. The predicted molar refractivity (Wildman–Crippen MR) is 150 cm³/mol. The molecule has 2 aliphatic rings. The third-order valence-corrected chi connectivity index (χ3v) is 8.03. The molecule has 6 heteroatoms. The molecule has 4 aromatic rings. The fourth-order valence-corrected chi connectivity index (χ4v) is 6.26. The summed E-state index contributed by atoms with van der Waals surface area (Å²) >= 11 is 1.48. The number of aliphatic imine (C=N–C) groups is 1. The van der Waals surface area contributed by atoms with E-state index in [2.05, 4.69) is 29.0 Å². The molecule has 3 aromatic carbocycles. The van der Waals surface area contributed by atoms with Crippen molar-refractivity contribution in [3.63, 3.8) is 0 Å². The molecule has 0 spiro atoms. The van der Waals surface area contributed by atoms with E-state index >= 15 is 0 Å². The van der Waals surface area contributed by atoms with Gasteiger partial charge < -0.3 is 4.57 Å². The average Bonchev–Trinajstić information content (AvgIpc) is 3.65. The molecule has 1 saturated carbocycles. The second kappa shape index (κ2) is 10.1. The molecule has 1 aromatic heterocycles. The van der Waals surface area contributed by atoms with Gasteiger partial charge in [0.1, 0.15) is 0 Å². The number of amidine groups is 1. The van der Waals surface area contributed by atoms with Gasteiger partial charge in [-0.25, -0.2) is 4.99 Å². The van der Waals surface area contributed by atoms with Crippen LogP contribution >= 0.6 is 11.8 Å². The molecular formula is C31H26N4OS. The first-order valence-corrected chi connectivity index (χ1v) is 13.4. The Morgan fingerprint density at radius 3 is 2.46 bits per heavy atom. The number of para-hydroxylation sites is 2. The van der Waals surface area contributed by atoms with E-state index in [4.69, 9.17) is 10.3 Å². The maximum Gasteiger partial charge on any atom is 0.267 e. The van der Waals surface area contributed by atoms with Crippen LogP contribution in [0.15, 0.2) is 95.0 Å². The minimum absolute atomic E-state index is 0.0514. The Morgan fingerprint density at radius 1 is 0.973 bits per heavy atom. The molecule has 0 N–H and O–H groups in total. The monoisotopic (exact) mass is 502 g/mol. The lowest BCUT2D eigenvalue weighted by molar-refractivity contribution is -0.123. The third kappa shape index (κ3) is 4.71. The predicted octanol–water partition coefficient (Wildman–Crippen LogP) is 7.11. The SMILES string of the molecule is N#Cc1ccc(Cn2cc(C=C3SC(=Nc4ccccc4)N(C4CCCC4)C3=O)c3ccccc32)cc1. The second-order valence-corrected chi connectivity index (χ2v) is 10.5. The zero-order valence-electron chi connectivity index (χ0n) is 20.4. The Morgan fingerprint density at radius 2 is 1.70 bits per heavy atom. The van der Waals surface area contributed by atoms with Crippen LogP contribution < -0.4 is 0 Å². The van der Waals surface area contributed by atoms with Crippen LogP contribution in [0.4, 0.5) is 5.69 Å². The number of amides is 1. The van der Waals surface area contributed by atoms with Crippen molar-refractivity contribution < 1.29 is 4.79 Å². The Labute approximate surface area is 220 Å². The molecular weight excluding hydrogens is 476 g/mol. The van der Waals surface area contributed by atoms with E-state index in [0.717, 1.165) is 58.6 Å². The van der Waals surface area contributed by atoms with Crippen LogP contribution in [0.25, 0.3) is 17.0 Å². The number of hydrogen-bond donors (Lipinski definition) is 0. The zero-order chi connectivity index (χ0) is 25.2. The van der Waals surface area contributed by atoms with Crippen LogP contribution in [0, 0.1) is 11.3 Å². The first kappa shape index (κ1) is 23.3. The Hall–Kier alpha value is -4.08. The van der Waals surface area contributed by atoms with Gasteiger partial charge in [0.25, 0.3) is 5.91 Å². The van der Waals surface area contributed by atoms with Gasteiger partial charge in [-0.05, 0) is 66.6 Å². The van der Waals surface area contributed by atoms with Gasteiger partial charge in [0.15, 0.2) is 5.17 Å². The van der Waals surface area contributed by atoms with Gasteiger partial charge in [-0.2, -0.15) is 5.26 Å². The topological polar surface area (TPSA) is 61.4 Å². The molecule has 182 valence electrons. The molecule has 1 saturated heterocycles. The minimum atomic E-state index is 0.0514. The number of fused-ring (bicyclic) bond motifs is 1. The number of nitrogens with zero attached hydrogens (tertiary/aromatic N) is 4. The molecule has 0 radical (unpaired) electrons. The van der Waals surface area contributed by atoms with Crippen molar-refractivity contribution in [2.24, 2.45) is 4.99 Å². The fraction of sp³-hybridized carbons (Fsp3) is 0.194. The van der Waals surface area contributed by atoms with Crippen LogP contribution in [-0.2, 0) is 11.3 Å². The van der Waals surface area contributed by atoms with Crippen molar-refractivity contribution in [2.45, 2.75) is 38.3 Å². The van der Waals surface area contributed by atoms with Crippen LogP contribution in [0.2, 0.25) is 0 Å². The zero-order valence-corrected chi connectivity index (χ0v) is 21.2. The van der Waals surface area contributed by atoms with Crippen LogP contribution in [0.1, 0.15) is 42.4 Å². The number of benzene rings is 3. The minimum Gasteiger partial charge on any atom is -0.342 e. The second-order valence-electron chi connectivity index (χ2n) is 9.49. The van der Waals surface area contributed by atoms with Crippen molar-refractivity contribution >= 4 is 45.5 Å². The third-order valence-electron chi connectivity index (χ3n) is 7.05. The summed E-state index contributed by atoms with van der Waals surface area (Å²) in [6.07, 6.45) is 8.50. The molecule has 5 nitrogen and oxygen atoms in total. The quantitative estimate of drug-likeness (QED) is 0.273. The molecule has 1 aliphatic carbocycles. The van der Waals surface area contributed by atoms with E-state index in [-0.39, 0.29) is 11.9 Å². The maximum atomic E-state index is 13.7. The largest absolute Gasteiger partial charge is 0.342 e. The van der Waals surface area contributed by atoms with Crippen molar-refractivity contribution in [1.29, 1.82) is 5.26 Å². The van der Waals surface area contributed by atoms with Crippen LogP contribution in [-0.4, -0.2) is 26.6 Å². The summed E-state index contributed by atoms with van der Waals surface area (Å²) in [6, 6.07) is 28.2. The Balaban J connectivity index is 1.37. The van der Waals surface area contributed by atoms with Crippen molar-refractivity contribution in [2.75, 3.05) is 0 Å². The lowest BCUT2D eigenvalue weighted by atomic mass is 10.1. The van der Waals surface area contributed by atoms with E-state index in [1.807, 2.05) is 77.7 Å². The summed E-state index contributed by atoms with van der Waals surface area (Å²) < 4.78 is 2.21. The van der Waals surface area contributed by atoms with Crippen LogP contribution in [0.5, 0.6) is 0 Å². The van der Waals surface area contributed by atoms with Gasteiger partial charge >= 0.3 is 0 Å². The van der Waals surface area contributed by atoms with E-state index in [0.29, 0.717) is 17.0 Å². The van der Waals surface area contributed by atoms with Gasteiger partial charge in [0, 0.05) is 35.2 Å². The highest BCUT2D eigenvalue weighted by Gasteiger charge is 2.39. The average molecular weight is 503 g/mol. The fourth-order valence-electron chi connectivity index (χ4n) is 5.21. The van der Waals surface area contributed by atoms with Crippen LogP contribution in [0.3, 0.4) is 0 Å². The summed E-state index contributed by atoms with van der Waals surface area (Å²) in [4.78, 5) is 21.2. The summed E-state index contributed by atoms with van der Waals surface area (Å²) in [7, 11) is 0. The number of aromatic nitrogens is 1. The maximum absolute atomic E-state index is 13.7. The normalized spacial score (nSPS) is 18.4. The molecule has 37 heavy (non-hydrogen) atoms. The molecule has 1 aliphatic heterocycles.